The molecular weight excluding hydrogens is 282 g/mol. The molecule has 0 aromatic carbocycles. The van der Waals surface area contributed by atoms with Gasteiger partial charge in [0.05, 0.1) is 10.6 Å². The second-order valence-electron chi connectivity index (χ2n) is 4.33. The van der Waals surface area contributed by atoms with E-state index in [0.29, 0.717) is 0 Å². The van der Waals surface area contributed by atoms with Crippen molar-refractivity contribution in [2.24, 2.45) is 0 Å². The van der Waals surface area contributed by atoms with Gasteiger partial charge < -0.3 is 14.8 Å². The SMILES string of the molecule is OCCCCCNC(c1ccco1)c1ccc(Cl)s1. The highest BCUT2D eigenvalue weighted by Crippen LogP contribution is 2.31. The Labute approximate surface area is 122 Å². The smallest absolute Gasteiger partial charge is 0.126 e. The van der Waals surface area contributed by atoms with Crippen molar-refractivity contribution in [3.8, 4) is 0 Å². The Morgan fingerprint density at radius 1 is 1.26 bits per heavy atom. The van der Waals surface area contributed by atoms with E-state index in [1.165, 1.54) is 0 Å². The van der Waals surface area contributed by atoms with E-state index in [4.69, 9.17) is 21.1 Å². The standard InChI is InChI=1S/C14H18ClNO2S/c15-13-7-6-12(19-13)14(11-5-4-10-18-11)16-8-2-1-3-9-17/h4-7,10,14,16-17H,1-3,8-9H2. The summed E-state index contributed by atoms with van der Waals surface area (Å²) in [5.74, 6) is 0.903. The Kier molecular flexibility index (Phi) is 5.92. The topological polar surface area (TPSA) is 45.4 Å². The number of aliphatic hydroxyl groups is 1. The van der Waals surface area contributed by atoms with E-state index in [9.17, 15) is 0 Å². The lowest BCUT2D eigenvalue weighted by Crippen LogP contribution is -2.22. The van der Waals surface area contributed by atoms with Gasteiger partial charge in [-0.2, -0.15) is 0 Å². The summed E-state index contributed by atoms with van der Waals surface area (Å²) in [7, 11) is 0. The van der Waals surface area contributed by atoms with Crippen molar-refractivity contribution in [3.05, 3.63) is 45.5 Å². The van der Waals surface area contributed by atoms with Crippen molar-refractivity contribution in [2.75, 3.05) is 13.2 Å². The van der Waals surface area contributed by atoms with Crippen LogP contribution in [0.3, 0.4) is 0 Å². The predicted molar refractivity (Wildman–Crippen MR) is 78.8 cm³/mol. The summed E-state index contributed by atoms with van der Waals surface area (Å²) < 4.78 is 6.28. The summed E-state index contributed by atoms with van der Waals surface area (Å²) in [4.78, 5) is 1.15. The van der Waals surface area contributed by atoms with E-state index >= 15 is 0 Å². The maximum Gasteiger partial charge on any atom is 0.126 e. The average Bonchev–Trinajstić information content (AvgIpc) is 3.05. The van der Waals surface area contributed by atoms with Crippen LogP contribution in [-0.2, 0) is 0 Å². The molecule has 104 valence electrons. The lowest BCUT2D eigenvalue weighted by molar-refractivity contribution is 0.282. The number of aliphatic hydroxyl groups excluding tert-OH is 1. The molecule has 0 aliphatic carbocycles. The molecule has 0 saturated heterocycles. The number of halogens is 1. The van der Waals surface area contributed by atoms with E-state index in [2.05, 4.69) is 5.32 Å². The molecule has 5 heteroatoms. The molecule has 0 saturated carbocycles. The van der Waals surface area contributed by atoms with E-state index in [1.807, 2.05) is 24.3 Å². The Bertz CT molecular complexity index is 470. The number of rotatable bonds is 8. The van der Waals surface area contributed by atoms with Gasteiger partial charge in [-0.15, -0.1) is 11.3 Å². The van der Waals surface area contributed by atoms with Gasteiger partial charge in [-0.05, 0) is 50.1 Å². The Morgan fingerprint density at radius 3 is 2.79 bits per heavy atom. The van der Waals surface area contributed by atoms with Crippen molar-refractivity contribution in [2.45, 2.75) is 25.3 Å². The summed E-state index contributed by atoms with van der Waals surface area (Å²) in [6, 6.07) is 7.86. The number of hydrogen-bond acceptors (Lipinski definition) is 4. The molecule has 1 unspecified atom stereocenters. The fourth-order valence-corrected chi connectivity index (χ4v) is 3.09. The number of unbranched alkanes of at least 4 members (excludes halogenated alkanes) is 2. The van der Waals surface area contributed by atoms with Gasteiger partial charge in [0.2, 0.25) is 0 Å². The van der Waals surface area contributed by atoms with Gasteiger partial charge in [-0.1, -0.05) is 11.6 Å². The summed E-state index contributed by atoms with van der Waals surface area (Å²) in [6.45, 7) is 1.16. The van der Waals surface area contributed by atoms with E-state index < -0.39 is 0 Å². The summed E-state index contributed by atoms with van der Waals surface area (Å²) >= 11 is 7.57. The molecule has 2 aromatic heterocycles. The molecule has 0 bridgehead atoms. The zero-order valence-corrected chi connectivity index (χ0v) is 12.2. The van der Waals surface area contributed by atoms with E-state index in [-0.39, 0.29) is 12.6 Å². The van der Waals surface area contributed by atoms with Crippen LogP contribution in [0.2, 0.25) is 4.34 Å². The van der Waals surface area contributed by atoms with Crippen LogP contribution in [0.4, 0.5) is 0 Å². The van der Waals surface area contributed by atoms with Gasteiger partial charge in [0.1, 0.15) is 11.8 Å². The number of hydrogen-bond donors (Lipinski definition) is 2. The lowest BCUT2D eigenvalue weighted by atomic mass is 10.1. The highest BCUT2D eigenvalue weighted by Gasteiger charge is 2.17. The molecule has 0 radical (unpaired) electrons. The normalized spacial score (nSPS) is 12.7. The molecular formula is C14H18ClNO2S. The second-order valence-corrected chi connectivity index (χ2v) is 6.08. The summed E-state index contributed by atoms with van der Waals surface area (Å²) in [5.41, 5.74) is 0. The van der Waals surface area contributed by atoms with Gasteiger partial charge in [-0.3, -0.25) is 0 Å². The highest BCUT2D eigenvalue weighted by molar-refractivity contribution is 7.16. The van der Waals surface area contributed by atoms with Crippen LogP contribution < -0.4 is 5.32 Å². The summed E-state index contributed by atoms with van der Waals surface area (Å²) in [6.07, 6.45) is 4.61. The first kappa shape index (κ1) is 14.6. The minimum Gasteiger partial charge on any atom is -0.467 e. The molecule has 2 heterocycles. The minimum atomic E-state index is 0.0571. The summed E-state index contributed by atoms with van der Waals surface area (Å²) in [5, 5.41) is 12.2. The molecule has 0 aliphatic heterocycles. The number of thiophene rings is 1. The third-order valence-corrected chi connectivity index (χ3v) is 4.19. The maximum atomic E-state index is 8.76. The van der Waals surface area contributed by atoms with Crippen molar-refractivity contribution >= 4 is 22.9 Å². The fourth-order valence-electron chi connectivity index (χ4n) is 1.94. The second kappa shape index (κ2) is 7.70. The first-order valence-electron chi connectivity index (χ1n) is 6.44. The van der Waals surface area contributed by atoms with Gasteiger partial charge in [0.25, 0.3) is 0 Å². The van der Waals surface area contributed by atoms with Crippen molar-refractivity contribution < 1.29 is 9.52 Å². The molecule has 2 rings (SSSR count). The zero-order valence-electron chi connectivity index (χ0n) is 10.6. The van der Waals surface area contributed by atoms with Crippen molar-refractivity contribution in [1.29, 1.82) is 0 Å². The lowest BCUT2D eigenvalue weighted by Gasteiger charge is -2.15. The molecule has 0 aliphatic rings. The van der Waals surface area contributed by atoms with Crippen LogP contribution in [-0.4, -0.2) is 18.3 Å². The average molecular weight is 300 g/mol. The van der Waals surface area contributed by atoms with Crippen LogP contribution in [0.15, 0.2) is 34.9 Å². The molecule has 0 fully saturated rings. The third kappa shape index (κ3) is 4.35. The predicted octanol–water partition coefficient (Wildman–Crippen LogP) is 3.84. The van der Waals surface area contributed by atoms with Crippen LogP contribution in [0, 0.1) is 0 Å². The van der Waals surface area contributed by atoms with Crippen LogP contribution in [0.5, 0.6) is 0 Å². The fraction of sp³-hybridized carbons (Fsp3) is 0.429. The van der Waals surface area contributed by atoms with Crippen molar-refractivity contribution in [3.63, 3.8) is 0 Å². The van der Waals surface area contributed by atoms with Crippen LogP contribution >= 0.6 is 22.9 Å². The Morgan fingerprint density at radius 2 is 2.16 bits per heavy atom. The van der Waals surface area contributed by atoms with Gasteiger partial charge in [-0.25, -0.2) is 0 Å². The van der Waals surface area contributed by atoms with Crippen LogP contribution in [0.25, 0.3) is 0 Å². The van der Waals surface area contributed by atoms with Gasteiger partial charge in [0.15, 0.2) is 0 Å². The minimum absolute atomic E-state index is 0.0571. The largest absolute Gasteiger partial charge is 0.467 e. The molecule has 2 aromatic rings. The quantitative estimate of drug-likeness (QED) is 0.728. The molecule has 3 nitrogen and oxygen atoms in total. The number of nitrogens with one attached hydrogen (secondary N) is 1. The highest BCUT2D eigenvalue weighted by atomic mass is 35.5. The van der Waals surface area contributed by atoms with Crippen molar-refractivity contribution in [1.82, 2.24) is 5.32 Å². The number of furan rings is 1. The van der Waals surface area contributed by atoms with Gasteiger partial charge in [0, 0.05) is 11.5 Å². The van der Waals surface area contributed by atoms with Crippen LogP contribution in [0.1, 0.15) is 35.9 Å². The molecule has 19 heavy (non-hydrogen) atoms. The molecule has 2 N–H and O–H groups in total. The molecule has 0 amide bonds. The molecule has 0 spiro atoms. The van der Waals surface area contributed by atoms with E-state index in [0.717, 1.165) is 40.8 Å². The Balaban J connectivity index is 1.96. The van der Waals surface area contributed by atoms with E-state index in [1.54, 1.807) is 17.6 Å². The molecule has 1 atom stereocenters. The zero-order chi connectivity index (χ0) is 13.5. The first-order chi connectivity index (χ1) is 9.31. The monoisotopic (exact) mass is 299 g/mol. The third-order valence-electron chi connectivity index (χ3n) is 2.89. The maximum absolute atomic E-state index is 8.76. The Hall–Kier alpha value is -0.810. The van der Waals surface area contributed by atoms with Gasteiger partial charge >= 0.3 is 0 Å². The first-order valence-corrected chi connectivity index (χ1v) is 7.63.